The number of nitrogens with one attached hydrogen (secondary N) is 1. The third-order valence-corrected chi connectivity index (χ3v) is 7.09. The molecule has 0 saturated heterocycles. The zero-order valence-electron chi connectivity index (χ0n) is 11.6. The summed E-state index contributed by atoms with van der Waals surface area (Å²) in [6.07, 6.45) is 7.16. The van der Waals surface area contributed by atoms with Crippen LogP contribution in [0.25, 0.3) is 0 Å². The molecule has 0 amide bonds. The van der Waals surface area contributed by atoms with Gasteiger partial charge in [0.1, 0.15) is 0 Å². The van der Waals surface area contributed by atoms with Crippen molar-refractivity contribution in [3.63, 3.8) is 0 Å². The number of hydrogen-bond donors (Lipinski definition) is 2. The highest BCUT2D eigenvalue weighted by Gasteiger charge is 2.26. The first-order valence-corrected chi connectivity index (χ1v) is 10.8. The summed E-state index contributed by atoms with van der Waals surface area (Å²) in [5, 5.41) is 0.930. The molecule has 1 nitrogen and oxygen atoms in total. The fraction of sp³-hybridized carbons (Fsp3) is 0.571. The van der Waals surface area contributed by atoms with Crippen molar-refractivity contribution in [1.82, 2.24) is 4.72 Å². The number of hydrogen-bond acceptors (Lipinski definition) is 1. The van der Waals surface area contributed by atoms with Gasteiger partial charge in [-0.3, -0.25) is 4.72 Å². The maximum Gasteiger partial charge on any atom is 0.0283 e. The van der Waals surface area contributed by atoms with Gasteiger partial charge in [-0.2, -0.15) is 0 Å². The van der Waals surface area contributed by atoms with Crippen LogP contribution < -0.4 is 4.72 Å². The molecule has 0 aliphatic rings. The summed E-state index contributed by atoms with van der Waals surface area (Å²) < 4.78 is 3.81. The molecule has 0 spiro atoms. The van der Waals surface area contributed by atoms with Gasteiger partial charge in [0.2, 0.25) is 0 Å². The lowest BCUT2D eigenvalue weighted by Gasteiger charge is -2.54. The van der Waals surface area contributed by atoms with E-state index in [1.165, 1.54) is 10.5 Å². The van der Waals surface area contributed by atoms with Gasteiger partial charge >= 0.3 is 0 Å². The molecule has 1 aromatic carbocycles. The second-order valence-electron chi connectivity index (χ2n) is 6.35. The number of alkyl halides is 1. The SMILES string of the molecule is CC(C)CN[SH](C)(C)(C)c1ccc(CBr)cc1. The first-order valence-electron chi connectivity index (χ1n) is 6.15. The number of halogens is 1. The van der Waals surface area contributed by atoms with E-state index in [2.05, 4.69) is 77.5 Å². The van der Waals surface area contributed by atoms with Gasteiger partial charge in [0.05, 0.1) is 0 Å². The number of benzene rings is 1. The smallest absolute Gasteiger partial charge is 0.0283 e. The van der Waals surface area contributed by atoms with Crippen LogP contribution >= 0.6 is 25.3 Å². The molecule has 0 heterocycles. The molecule has 0 atom stereocenters. The molecular formula is C14H26BrNS. The third-order valence-electron chi connectivity index (χ3n) is 3.05. The van der Waals surface area contributed by atoms with Crippen LogP contribution in [0.1, 0.15) is 19.4 Å². The van der Waals surface area contributed by atoms with Crippen molar-refractivity contribution >= 4 is 25.3 Å². The average Bonchev–Trinajstić information content (AvgIpc) is 2.26. The lowest BCUT2D eigenvalue weighted by molar-refractivity contribution is 0.634. The topological polar surface area (TPSA) is 12.0 Å². The summed E-state index contributed by atoms with van der Waals surface area (Å²) in [7, 11) is -1.92. The summed E-state index contributed by atoms with van der Waals surface area (Å²) in [5.74, 6) is 0.693. The molecule has 1 N–H and O–H groups in total. The Morgan fingerprint density at radius 3 is 2.06 bits per heavy atom. The van der Waals surface area contributed by atoms with Crippen LogP contribution in [-0.4, -0.2) is 25.3 Å². The minimum absolute atomic E-state index is 0.693. The Balaban J connectivity index is 2.92. The molecule has 1 rings (SSSR count). The lowest BCUT2D eigenvalue weighted by Crippen LogP contribution is -2.33. The minimum atomic E-state index is -1.92. The summed E-state index contributed by atoms with van der Waals surface area (Å²) in [6, 6.07) is 9.00. The van der Waals surface area contributed by atoms with E-state index in [0.717, 1.165) is 11.9 Å². The fourth-order valence-corrected chi connectivity index (χ4v) is 4.45. The molecule has 0 unspecified atom stereocenters. The predicted molar refractivity (Wildman–Crippen MR) is 86.9 cm³/mol. The molecular weight excluding hydrogens is 294 g/mol. The molecule has 0 aromatic heterocycles. The van der Waals surface area contributed by atoms with E-state index in [1.54, 1.807) is 0 Å². The Kier molecular flexibility index (Phi) is 4.73. The molecule has 3 heteroatoms. The normalized spacial score (nSPS) is 14.6. The Bertz CT molecular complexity index is 362. The third kappa shape index (κ3) is 4.31. The zero-order chi connectivity index (χ0) is 13.1. The molecule has 1 aromatic rings. The van der Waals surface area contributed by atoms with Gasteiger partial charge in [-0.15, -0.1) is 0 Å². The monoisotopic (exact) mass is 319 g/mol. The molecule has 0 saturated carbocycles. The Morgan fingerprint density at radius 1 is 1.12 bits per heavy atom. The van der Waals surface area contributed by atoms with Crippen molar-refractivity contribution in [3.05, 3.63) is 29.8 Å². The quantitative estimate of drug-likeness (QED) is 0.616. The Hall–Kier alpha value is 0.01000. The van der Waals surface area contributed by atoms with E-state index < -0.39 is 9.35 Å². The summed E-state index contributed by atoms with van der Waals surface area (Å²) in [4.78, 5) is 1.46. The summed E-state index contributed by atoms with van der Waals surface area (Å²) >= 11 is 3.49. The van der Waals surface area contributed by atoms with E-state index >= 15 is 0 Å². The largest absolute Gasteiger partial charge is 0.293 e. The van der Waals surface area contributed by atoms with Gasteiger partial charge in [0, 0.05) is 11.9 Å². The maximum absolute atomic E-state index is 3.81. The van der Waals surface area contributed by atoms with E-state index in [9.17, 15) is 0 Å². The highest BCUT2D eigenvalue weighted by molar-refractivity contribution is 9.08. The first kappa shape index (κ1) is 15.1. The van der Waals surface area contributed by atoms with Crippen LogP contribution in [0, 0.1) is 5.92 Å². The average molecular weight is 320 g/mol. The predicted octanol–water partition coefficient (Wildman–Crippen LogP) is 4.06. The van der Waals surface area contributed by atoms with Crippen LogP contribution in [-0.2, 0) is 5.33 Å². The van der Waals surface area contributed by atoms with E-state index in [-0.39, 0.29) is 0 Å². The molecule has 0 fully saturated rings. The van der Waals surface area contributed by atoms with E-state index in [1.807, 2.05) is 0 Å². The van der Waals surface area contributed by atoms with Gasteiger partial charge in [-0.25, -0.2) is 9.35 Å². The van der Waals surface area contributed by atoms with Gasteiger partial charge < -0.3 is 0 Å². The Labute approximate surface area is 115 Å². The van der Waals surface area contributed by atoms with Crippen LogP contribution in [0.5, 0.6) is 0 Å². The second-order valence-corrected chi connectivity index (χ2v) is 13.3. The van der Waals surface area contributed by atoms with E-state index in [4.69, 9.17) is 0 Å². The second kappa shape index (κ2) is 5.33. The highest BCUT2D eigenvalue weighted by Crippen LogP contribution is 2.62. The van der Waals surface area contributed by atoms with Crippen LogP contribution in [0.2, 0.25) is 0 Å². The van der Waals surface area contributed by atoms with Crippen molar-refractivity contribution in [2.45, 2.75) is 24.1 Å². The van der Waals surface area contributed by atoms with Crippen molar-refractivity contribution in [3.8, 4) is 0 Å². The highest BCUT2D eigenvalue weighted by atomic mass is 79.9. The molecule has 100 valence electrons. The van der Waals surface area contributed by atoms with Crippen molar-refractivity contribution in [2.75, 3.05) is 25.3 Å². The molecule has 0 aliphatic carbocycles. The van der Waals surface area contributed by atoms with Crippen molar-refractivity contribution in [2.24, 2.45) is 5.92 Å². The molecule has 17 heavy (non-hydrogen) atoms. The summed E-state index contributed by atoms with van der Waals surface area (Å²) in [5.41, 5.74) is 1.34. The minimum Gasteiger partial charge on any atom is -0.293 e. The number of thiol groups is 1. The molecule has 0 bridgehead atoms. The Morgan fingerprint density at radius 2 is 1.65 bits per heavy atom. The van der Waals surface area contributed by atoms with Crippen molar-refractivity contribution in [1.29, 1.82) is 0 Å². The lowest BCUT2D eigenvalue weighted by atomic mass is 10.2. The van der Waals surface area contributed by atoms with Crippen LogP contribution in [0.15, 0.2) is 29.2 Å². The van der Waals surface area contributed by atoms with Gasteiger partial charge in [-0.1, -0.05) is 54.0 Å². The first-order chi connectivity index (χ1) is 7.73. The summed E-state index contributed by atoms with van der Waals surface area (Å²) in [6.45, 7) is 5.60. The van der Waals surface area contributed by atoms with Gasteiger partial charge in [0.15, 0.2) is 0 Å². The van der Waals surface area contributed by atoms with Crippen LogP contribution in [0.3, 0.4) is 0 Å². The zero-order valence-corrected chi connectivity index (χ0v) is 14.1. The van der Waals surface area contributed by atoms with Gasteiger partial charge in [0.25, 0.3) is 0 Å². The standard InChI is InChI=1S/C14H26BrNS/c1-12(2)11-16-17(3,4,5)14-8-6-13(10-15)7-9-14/h6-9,12,16-17H,10-11H2,1-5H3. The molecule has 0 radical (unpaired) electrons. The van der Waals surface area contributed by atoms with Crippen LogP contribution in [0.4, 0.5) is 0 Å². The molecule has 0 aliphatic heterocycles. The number of rotatable bonds is 5. The maximum atomic E-state index is 3.81. The fourth-order valence-electron chi connectivity index (χ4n) is 1.70. The van der Waals surface area contributed by atoms with E-state index in [0.29, 0.717) is 5.92 Å². The van der Waals surface area contributed by atoms with Crippen molar-refractivity contribution < 1.29 is 0 Å². The van der Waals surface area contributed by atoms with Gasteiger partial charge in [-0.05, 0) is 35.1 Å².